The summed E-state index contributed by atoms with van der Waals surface area (Å²) in [5.74, 6) is 0. The highest BCUT2D eigenvalue weighted by Gasteiger charge is 2.29. The van der Waals surface area contributed by atoms with Gasteiger partial charge < -0.3 is 0 Å². The molecule has 1 aliphatic rings. The molecule has 32 heavy (non-hydrogen) atoms. The molecule has 0 radical (unpaired) electrons. The van der Waals surface area contributed by atoms with Gasteiger partial charge in [0.15, 0.2) is 0 Å². The topological polar surface area (TPSA) is 0 Å². The molecular formula is C32H26. The Morgan fingerprint density at radius 1 is 0.656 bits per heavy atom. The summed E-state index contributed by atoms with van der Waals surface area (Å²) in [6.07, 6.45) is 3.32. The number of aryl methyl sites for hydroxylation is 1. The van der Waals surface area contributed by atoms with Crippen LogP contribution >= 0.6 is 0 Å². The molecule has 5 aromatic carbocycles. The molecule has 0 fully saturated rings. The van der Waals surface area contributed by atoms with E-state index in [0.717, 1.165) is 6.42 Å². The van der Waals surface area contributed by atoms with Gasteiger partial charge in [0, 0.05) is 0 Å². The first-order valence-electron chi connectivity index (χ1n) is 11.4. The summed E-state index contributed by atoms with van der Waals surface area (Å²) in [6.45, 7) is 6.54. The monoisotopic (exact) mass is 410 g/mol. The van der Waals surface area contributed by atoms with E-state index in [9.17, 15) is 0 Å². The molecule has 0 bridgehead atoms. The third-order valence-electron chi connectivity index (χ3n) is 6.82. The lowest BCUT2D eigenvalue weighted by atomic mass is 9.83. The Labute approximate surface area is 189 Å². The SMILES string of the molecule is CC(C)=CCc1c2c(c(-c3ccc(C)cc3)c3ccccc13)-c1cccc3cccc-2c13. The van der Waals surface area contributed by atoms with Crippen LogP contribution in [-0.4, -0.2) is 0 Å². The van der Waals surface area contributed by atoms with Crippen LogP contribution in [0.2, 0.25) is 0 Å². The zero-order valence-electron chi connectivity index (χ0n) is 18.9. The average Bonchev–Trinajstić information content (AvgIpc) is 3.14. The van der Waals surface area contributed by atoms with E-state index in [1.54, 1.807) is 0 Å². The predicted molar refractivity (Wildman–Crippen MR) is 139 cm³/mol. The van der Waals surface area contributed by atoms with Crippen LogP contribution in [0.3, 0.4) is 0 Å². The molecule has 0 heterocycles. The molecule has 5 aromatic rings. The molecule has 0 spiro atoms. The summed E-state index contributed by atoms with van der Waals surface area (Å²) in [5, 5.41) is 5.43. The molecule has 0 N–H and O–H groups in total. The maximum atomic E-state index is 2.37. The van der Waals surface area contributed by atoms with Crippen molar-refractivity contribution >= 4 is 21.5 Å². The summed E-state index contributed by atoms with van der Waals surface area (Å²) < 4.78 is 0. The van der Waals surface area contributed by atoms with Crippen molar-refractivity contribution in [3.63, 3.8) is 0 Å². The molecule has 0 aromatic heterocycles. The van der Waals surface area contributed by atoms with Crippen LogP contribution < -0.4 is 0 Å². The minimum Gasteiger partial charge on any atom is -0.0814 e. The maximum Gasteiger partial charge on any atom is -0.00108 e. The molecule has 6 rings (SSSR count). The van der Waals surface area contributed by atoms with Crippen LogP contribution in [-0.2, 0) is 6.42 Å². The molecule has 0 amide bonds. The fraction of sp³-hybridized carbons (Fsp3) is 0.125. The van der Waals surface area contributed by atoms with Crippen LogP contribution in [0.25, 0.3) is 54.9 Å². The van der Waals surface area contributed by atoms with E-state index in [4.69, 9.17) is 0 Å². The second-order valence-electron chi connectivity index (χ2n) is 9.21. The van der Waals surface area contributed by atoms with Crippen molar-refractivity contribution in [2.75, 3.05) is 0 Å². The summed E-state index contributed by atoms with van der Waals surface area (Å²) in [6, 6.07) is 31.6. The van der Waals surface area contributed by atoms with Gasteiger partial charge in [-0.15, -0.1) is 0 Å². The van der Waals surface area contributed by atoms with Gasteiger partial charge in [0.1, 0.15) is 0 Å². The first-order valence-corrected chi connectivity index (χ1v) is 11.4. The first kappa shape index (κ1) is 19.1. The van der Waals surface area contributed by atoms with Crippen LogP contribution in [0.15, 0.2) is 96.6 Å². The van der Waals surface area contributed by atoms with Gasteiger partial charge in [-0.2, -0.15) is 0 Å². The molecule has 0 unspecified atom stereocenters. The zero-order valence-corrected chi connectivity index (χ0v) is 18.9. The van der Waals surface area contributed by atoms with Crippen molar-refractivity contribution in [3.8, 4) is 33.4 Å². The Morgan fingerprint density at radius 2 is 1.31 bits per heavy atom. The van der Waals surface area contributed by atoms with E-state index in [1.165, 1.54) is 71.6 Å². The quantitative estimate of drug-likeness (QED) is 0.255. The van der Waals surface area contributed by atoms with Crippen molar-refractivity contribution in [1.29, 1.82) is 0 Å². The summed E-state index contributed by atoms with van der Waals surface area (Å²) in [5.41, 5.74) is 12.3. The number of fused-ring (bicyclic) bond motifs is 4. The third kappa shape index (κ3) is 2.76. The molecular weight excluding hydrogens is 384 g/mol. The molecule has 0 heteroatoms. The normalized spacial score (nSPS) is 11.7. The third-order valence-corrected chi connectivity index (χ3v) is 6.82. The maximum absolute atomic E-state index is 2.37. The van der Waals surface area contributed by atoms with Crippen molar-refractivity contribution in [2.45, 2.75) is 27.2 Å². The van der Waals surface area contributed by atoms with Crippen molar-refractivity contribution < 1.29 is 0 Å². The Kier molecular flexibility index (Phi) is 4.30. The second kappa shape index (κ2) is 7.21. The van der Waals surface area contributed by atoms with E-state index in [1.807, 2.05) is 0 Å². The van der Waals surface area contributed by atoms with Gasteiger partial charge in [-0.25, -0.2) is 0 Å². The number of allylic oxidation sites excluding steroid dienone is 2. The highest BCUT2D eigenvalue weighted by molar-refractivity contribution is 6.23. The summed E-state index contributed by atoms with van der Waals surface area (Å²) in [4.78, 5) is 0. The van der Waals surface area contributed by atoms with Crippen LogP contribution in [0.5, 0.6) is 0 Å². The van der Waals surface area contributed by atoms with Gasteiger partial charge in [-0.1, -0.05) is 102 Å². The van der Waals surface area contributed by atoms with E-state index < -0.39 is 0 Å². The zero-order chi connectivity index (χ0) is 21.8. The molecule has 0 atom stereocenters. The van der Waals surface area contributed by atoms with E-state index in [0.29, 0.717) is 0 Å². The number of hydrogen-bond donors (Lipinski definition) is 0. The van der Waals surface area contributed by atoms with Gasteiger partial charge in [0.25, 0.3) is 0 Å². The van der Waals surface area contributed by atoms with Gasteiger partial charge in [-0.05, 0) is 87.7 Å². The minimum atomic E-state index is 0.948. The lowest BCUT2D eigenvalue weighted by Crippen LogP contribution is -1.96. The van der Waals surface area contributed by atoms with Gasteiger partial charge in [0.05, 0.1) is 0 Å². The summed E-state index contributed by atoms with van der Waals surface area (Å²) >= 11 is 0. The number of hydrogen-bond acceptors (Lipinski definition) is 0. The van der Waals surface area contributed by atoms with Gasteiger partial charge in [0.2, 0.25) is 0 Å². The van der Waals surface area contributed by atoms with E-state index >= 15 is 0 Å². The van der Waals surface area contributed by atoms with Crippen LogP contribution in [0.1, 0.15) is 25.0 Å². The standard InChI is InChI=1S/C32H26/c1-20(2)14-19-26-24-10-4-5-11-25(24)30(23-17-15-21(3)16-18-23)32-28-13-7-9-22-8-6-12-27(29(22)28)31(26)32/h4-18H,19H2,1-3H3. The predicted octanol–water partition coefficient (Wildman–Crippen LogP) is 9.12. The Morgan fingerprint density at radius 3 is 2.00 bits per heavy atom. The van der Waals surface area contributed by atoms with Gasteiger partial charge in [-0.3, -0.25) is 0 Å². The lowest BCUT2D eigenvalue weighted by molar-refractivity contribution is 1.24. The molecule has 154 valence electrons. The Bertz CT molecular complexity index is 1540. The van der Waals surface area contributed by atoms with E-state index in [-0.39, 0.29) is 0 Å². The smallest absolute Gasteiger partial charge is 0.00108 e. The Balaban J connectivity index is 1.84. The molecule has 1 aliphatic carbocycles. The molecule has 0 saturated carbocycles. The molecule has 0 nitrogen and oxygen atoms in total. The number of rotatable bonds is 3. The van der Waals surface area contributed by atoms with E-state index in [2.05, 4.69) is 112 Å². The highest BCUT2D eigenvalue weighted by atomic mass is 14.3. The van der Waals surface area contributed by atoms with Gasteiger partial charge >= 0.3 is 0 Å². The fourth-order valence-corrected chi connectivity index (χ4v) is 5.37. The first-order chi connectivity index (χ1) is 15.6. The lowest BCUT2D eigenvalue weighted by Gasteiger charge is -2.19. The summed E-state index contributed by atoms with van der Waals surface area (Å²) in [7, 11) is 0. The highest BCUT2D eigenvalue weighted by Crippen LogP contribution is 2.55. The molecule has 0 aliphatic heterocycles. The average molecular weight is 411 g/mol. The minimum absolute atomic E-state index is 0.948. The largest absolute Gasteiger partial charge is 0.0814 e. The van der Waals surface area contributed by atoms with Crippen molar-refractivity contribution in [2.24, 2.45) is 0 Å². The Hall–Kier alpha value is -3.64. The van der Waals surface area contributed by atoms with Crippen LogP contribution in [0, 0.1) is 6.92 Å². The van der Waals surface area contributed by atoms with Crippen molar-refractivity contribution in [1.82, 2.24) is 0 Å². The fourth-order valence-electron chi connectivity index (χ4n) is 5.37. The molecule has 0 saturated heterocycles. The van der Waals surface area contributed by atoms with Crippen LogP contribution in [0.4, 0.5) is 0 Å². The van der Waals surface area contributed by atoms with Crippen molar-refractivity contribution in [3.05, 3.63) is 108 Å². The second-order valence-corrected chi connectivity index (χ2v) is 9.21. The number of benzene rings is 5.